The molecule has 0 aliphatic heterocycles. The maximum Gasteiger partial charge on any atom is 0.192 e. The normalized spacial score (nSPS) is 11.2. The maximum atomic E-state index is 5.33. The first kappa shape index (κ1) is 10.5. The Morgan fingerprint density at radius 1 is 1.29 bits per heavy atom. The third-order valence-corrected chi connectivity index (χ3v) is 3.16. The molecular weight excluding hydrogens is 282 g/mol. The van der Waals surface area contributed by atoms with Crippen molar-refractivity contribution in [2.75, 3.05) is 0 Å². The SMILES string of the molecule is Cc1ncoc1-c1nc2c(C)cc(Br)cc2[nH]1. The zero-order valence-electron chi connectivity index (χ0n) is 9.41. The summed E-state index contributed by atoms with van der Waals surface area (Å²) >= 11 is 3.47. The van der Waals surface area contributed by atoms with Gasteiger partial charge in [0.25, 0.3) is 0 Å². The van der Waals surface area contributed by atoms with Crippen molar-refractivity contribution in [3.8, 4) is 11.6 Å². The van der Waals surface area contributed by atoms with E-state index in [-0.39, 0.29) is 0 Å². The van der Waals surface area contributed by atoms with E-state index in [2.05, 4.69) is 30.9 Å². The second kappa shape index (κ2) is 3.70. The van der Waals surface area contributed by atoms with E-state index in [1.807, 2.05) is 26.0 Å². The van der Waals surface area contributed by atoms with E-state index < -0.39 is 0 Å². The molecule has 0 unspecified atom stereocenters. The molecule has 0 saturated carbocycles. The molecule has 0 radical (unpaired) electrons. The number of halogens is 1. The summed E-state index contributed by atoms with van der Waals surface area (Å²) in [7, 11) is 0. The first-order valence-corrected chi connectivity index (χ1v) is 6.01. The van der Waals surface area contributed by atoms with Gasteiger partial charge in [-0.25, -0.2) is 9.97 Å². The van der Waals surface area contributed by atoms with Gasteiger partial charge in [0.2, 0.25) is 0 Å². The lowest BCUT2D eigenvalue weighted by atomic mass is 10.2. The lowest BCUT2D eigenvalue weighted by Crippen LogP contribution is -1.80. The number of nitrogens with zero attached hydrogens (tertiary/aromatic N) is 2. The Labute approximate surface area is 106 Å². The zero-order valence-corrected chi connectivity index (χ0v) is 11.0. The fourth-order valence-corrected chi connectivity index (χ4v) is 2.46. The molecule has 3 rings (SSSR count). The van der Waals surface area contributed by atoms with Crippen LogP contribution in [0, 0.1) is 13.8 Å². The number of H-pyrrole nitrogens is 1. The fourth-order valence-electron chi connectivity index (χ4n) is 1.88. The molecular formula is C12H10BrN3O. The largest absolute Gasteiger partial charge is 0.440 e. The first-order valence-electron chi connectivity index (χ1n) is 5.21. The molecule has 1 aromatic carbocycles. The third kappa shape index (κ3) is 1.67. The number of imidazole rings is 1. The second-order valence-electron chi connectivity index (χ2n) is 3.97. The Morgan fingerprint density at radius 2 is 2.12 bits per heavy atom. The van der Waals surface area contributed by atoms with Crippen LogP contribution in [0.3, 0.4) is 0 Å². The van der Waals surface area contributed by atoms with Crippen molar-refractivity contribution in [3.63, 3.8) is 0 Å². The number of rotatable bonds is 1. The number of fused-ring (bicyclic) bond motifs is 1. The van der Waals surface area contributed by atoms with Crippen molar-refractivity contribution >= 4 is 27.0 Å². The predicted molar refractivity (Wildman–Crippen MR) is 68.8 cm³/mol. The highest BCUT2D eigenvalue weighted by molar-refractivity contribution is 9.10. The van der Waals surface area contributed by atoms with Gasteiger partial charge >= 0.3 is 0 Å². The van der Waals surface area contributed by atoms with Crippen LogP contribution in [0.4, 0.5) is 0 Å². The minimum absolute atomic E-state index is 0.691. The van der Waals surface area contributed by atoms with Crippen molar-refractivity contribution in [1.82, 2.24) is 15.0 Å². The van der Waals surface area contributed by atoms with Crippen LogP contribution in [0.15, 0.2) is 27.4 Å². The molecule has 1 N–H and O–H groups in total. The van der Waals surface area contributed by atoms with E-state index in [4.69, 9.17) is 4.42 Å². The first-order chi connectivity index (χ1) is 8.15. The number of nitrogens with one attached hydrogen (secondary N) is 1. The van der Waals surface area contributed by atoms with Crippen LogP contribution in [-0.2, 0) is 0 Å². The van der Waals surface area contributed by atoms with Crippen molar-refractivity contribution < 1.29 is 4.42 Å². The van der Waals surface area contributed by atoms with Gasteiger partial charge in [0.15, 0.2) is 18.0 Å². The maximum absolute atomic E-state index is 5.33. The number of hydrogen-bond donors (Lipinski definition) is 1. The van der Waals surface area contributed by atoms with E-state index in [0.29, 0.717) is 5.76 Å². The standard InChI is InChI=1S/C12H10BrN3O/c1-6-3-8(13)4-9-10(6)16-12(15-9)11-7(2)14-5-17-11/h3-5H,1-2H3,(H,15,16). The molecule has 0 atom stereocenters. The molecule has 0 aliphatic rings. The van der Waals surface area contributed by atoms with Gasteiger partial charge in [-0.1, -0.05) is 15.9 Å². The van der Waals surface area contributed by atoms with Crippen LogP contribution in [0.25, 0.3) is 22.6 Å². The summed E-state index contributed by atoms with van der Waals surface area (Å²) < 4.78 is 6.37. The predicted octanol–water partition coefficient (Wildman–Crippen LogP) is 3.60. The number of oxazole rings is 1. The van der Waals surface area contributed by atoms with Crippen LogP contribution >= 0.6 is 15.9 Å². The summed E-state index contributed by atoms with van der Waals surface area (Å²) in [6, 6.07) is 4.05. The van der Waals surface area contributed by atoms with Gasteiger partial charge in [-0.2, -0.15) is 0 Å². The molecule has 0 saturated heterocycles. The molecule has 0 fully saturated rings. The molecule has 0 spiro atoms. The number of aryl methyl sites for hydroxylation is 2. The second-order valence-corrected chi connectivity index (χ2v) is 4.89. The summed E-state index contributed by atoms with van der Waals surface area (Å²) in [5, 5.41) is 0. The lowest BCUT2D eigenvalue weighted by molar-refractivity contribution is 0.567. The van der Waals surface area contributed by atoms with E-state index in [1.165, 1.54) is 6.39 Å². The average molecular weight is 292 g/mol. The Hall–Kier alpha value is -1.62. The number of aromatic nitrogens is 3. The molecule has 2 heterocycles. The fraction of sp³-hybridized carbons (Fsp3) is 0.167. The monoisotopic (exact) mass is 291 g/mol. The molecule has 3 aromatic rings. The molecule has 86 valence electrons. The topological polar surface area (TPSA) is 54.7 Å². The van der Waals surface area contributed by atoms with E-state index >= 15 is 0 Å². The Bertz CT molecular complexity index is 699. The highest BCUT2D eigenvalue weighted by atomic mass is 79.9. The number of aromatic amines is 1. The smallest absolute Gasteiger partial charge is 0.192 e. The Kier molecular flexibility index (Phi) is 2.29. The quantitative estimate of drug-likeness (QED) is 0.745. The van der Waals surface area contributed by atoms with Crippen LogP contribution in [0.2, 0.25) is 0 Å². The molecule has 5 heteroatoms. The molecule has 0 aliphatic carbocycles. The lowest BCUT2D eigenvalue weighted by Gasteiger charge is -1.94. The highest BCUT2D eigenvalue weighted by Crippen LogP contribution is 2.27. The molecule has 0 bridgehead atoms. The van der Waals surface area contributed by atoms with Crippen LogP contribution in [0.1, 0.15) is 11.3 Å². The van der Waals surface area contributed by atoms with E-state index in [0.717, 1.165) is 32.6 Å². The summed E-state index contributed by atoms with van der Waals surface area (Å²) in [6.07, 6.45) is 1.43. The summed E-state index contributed by atoms with van der Waals surface area (Å²) in [4.78, 5) is 11.9. The number of hydrogen-bond acceptors (Lipinski definition) is 3. The molecule has 2 aromatic heterocycles. The molecule has 0 amide bonds. The summed E-state index contributed by atoms with van der Waals surface area (Å²) in [5.74, 6) is 1.41. The average Bonchev–Trinajstić information content (AvgIpc) is 2.83. The highest BCUT2D eigenvalue weighted by Gasteiger charge is 2.13. The van der Waals surface area contributed by atoms with Gasteiger partial charge in [0.05, 0.1) is 16.7 Å². The minimum atomic E-state index is 0.691. The van der Waals surface area contributed by atoms with E-state index in [9.17, 15) is 0 Å². The van der Waals surface area contributed by atoms with Gasteiger partial charge in [0, 0.05) is 4.47 Å². The zero-order chi connectivity index (χ0) is 12.0. The van der Waals surface area contributed by atoms with Gasteiger partial charge in [-0.05, 0) is 31.5 Å². The van der Waals surface area contributed by atoms with Gasteiger partial charge in [-0.3, -0.25) is 0 Å². The third-order valence-electron chi connectivity index (χ3n) is 2.70. The van der Waals surface area contributed by atoms with Crippen molar-refractivity contribution in [2.24, 2.45) is 0 Å². The van der Waals surface area contributed by atoms with Gasteiger partial charge < -0.3 is 9.40 Å². The van der Waals surface area contributed by atoms with Crippen LogP contribution < -0.4 is 0 Å². The number of benzene rings is 1. The van der Waals surface area contributed by atoms with Crippen molar-refractivity contribution in [1.29, 1.82) is 0 Å². The summed E-state index contributed by atoms with van der Waals surface area (Å²) in [5.41, 5.74) is 3.90. The minimum Gasteiger partial charge on any atom is -0.440 e. The van der Waals surface area contributed by atoms with Crippen LogP contribution in [0.5, 0.6) is 0 Å². The van der Waals surface area contributed by atoms with Crippen molar-refractivity contribution in [3.05, 3.63) is 34.3 Å². The molecule has 17 heavy (non-hydrogen) atoms. The van der Waals surface area contributed by atoms with Crippen molar-refractivity contribution in [2.45, 2.75) is 13.8 Å². The summed E-state index contributed by atoms with van der Waals surface area (Å²) in [6.45, 7) is 3.93. The Morgan fingerprint density at radius 3 is 2.82 bits per heavy atom. The van der Waals surface area contributed by atoms with Gasteiger partial charge in [-0.15, -0.1) is 0 Å². The van der Waals surface area contributed by atoms with Gasteiger partial charge in [0.1, 0.15) is 0 Å². The van der Waals surface area contributed by atoms with Crippen LogP contribution in [-0.4, -0.2) is 15.0 Å². The molecule has 4 nitrogen and oxygen atoms in total. The Balaban J connectivity index is 2.27. The van der Waals surface area contributed by atoms with E-state index in [1.54, 1.807) is 0 Å².